The van der Waals surface area contributed by atoms with Crippen LogP contribution in [0.1, 0.15) is 25.7 Å². The predicted molar refractivity (Wildman–Crippen MR) is 58.1 cm³/mol. The smallest absolute Gasteiger partial charge is 0.109 e. The number of hydrogen-bond acceptors (Lipinski definition) is 1. The molecule has 0 radical (unpaired) electrons. The van der Waals surface area contributed by atoms with E-state index in [4.69, 9.17) is 17.0 Å². The lowest BCUT2D eigenvalue weighted by Crippen LogP contribution is -2.38. The highest BCUT2D eigenvalue weighted by Crippen LogP contribution is 2.44. The average molecular weight is 223 g/mol. The Kier molecular flexibility index (Phi) is 3.87. The van der Waals surface area contributed by atoms with Gasteiger partial charge in [-0.05, 0) is 31.1 Å². The highest BCUT2D eigenvalue weighted by molar-refractivity contribution is 6.27. The lowest BCUT2D eigenvalue weighted by Gasteiger charge is -2.23. The van der Waals surface area contributed by atoms with E-state index in [1.807, 2.05) is 0 Å². The number of nitrogens with one attached hydrogen (secondary N) is 2. The number of fused-ring (bicyclic) bond motifs is 2. The second-order valence-corrected chi connectivity index (χ2v) is 4.31. The first-order valence-corrected chi connectivity index (χ1v) is 5.23. The zero-order valence-electron chi connectivity index (χ0n) is 7.55. The molecule has 3 atom stereocenters. The summed E-state index contributed by atoms with van der Waals surface area (Å²) in [5.74, 6) is 2.59. The molecule has 76 valence electrons. The maximum atomic E-state index is 7.44. The zero-order chi connectivity index (χ0) is 8.55. The van der Waals surface area contributed by atoms with Crippen LogP contribution in [0.25, 0.3) is 0 Å². The quantitative estimate of drug-likeness (QED) is 0.421. The van der Waals surface area contributed by atoms with E-state index in [1.54, 1.807) is 0 Å². The van der Waals surface area contributed by atoms with Gasteiger partial charge in [-0.15, -0.1) is 24.0 Å². The summed E-state index contributed by atoms with van der Waals surface area (Å²) in [6, 6.07) is 0.565. The van der Waals surface area contributed by atoms with Gasteiger partial charge in [0.25, 0.3) is 0 Å². The first-order valence-electron chi connectivity index (χ1n) is 4.69. The van der Waals surface area contributed by atoms with Gasteiger partial charge in [-0.2, -0.15) is 0 Å². The van der Waals surface area contributed by atoms with Gasteiger partial charge in [0.15, 0.2) is 0 Å². The van der Waals surface area contributed by atoms with Crippen LogP contribution >= 0.6 is 24.0 Å². The van der Waals surface area contributed by atoms with Gasteiger partial charge in [0.1, 0.15) is 5.84 Å². The van der Waals surface area contributed by atoms with Gasteiger partial charge in [0.2, 0.25) is 0 Å². The Morgan fingerprint density at radius 2 is 2.15 bits per heavy atom. The molecule has 0 aromatic carbocycles. The molecule has 0 aromatic rings. The summed E-state index contributed by atoms with van der Waals surface area (Å²) in [7, 11) is 0. The molecule has 2 N–H and O–H groups in total. The maximum Gasteiger partial charge on any atom is 0.109 e. The molecule has 0 saturated heterocycles. The Bertz CT molecular complexity index is 196. The summed E-state index contributed by atoms with van der Waals surface area (Å²) in [6.45, 7) is 0. The molecule has 2 nitrogen and oxygen atoms in total. The molecule has 0 amide bonds. The fraction of sp³-hybridized carbons (Fsp3) is 0.889. The second-order valence-electron chi connectivity index (χ2n) is 4.04. The van der Waals surface area contributed by atoms with Crippen molar-refractivity contribution < 1.29 is 0 Å². The Balaban J connectivity index is 0.000000845. The van der Waals surface area contributed by atoms with Crippen LogP contribution < -0.4 is 5.32 Å². The van der Waals surface area contributed by atoms with Crippen molar-refractivity contribution in [2.45, 2.75) is 31.7 Å². The standard InChI is InChI=1S/C9H15ClN2.ClH/c10-5-9(11)12-8-4-6-1-2-7(8)3-6;/h6-8H,1-5H2,(H2,11,12);1H. The first kappa shape index (κ1) is 11.1. The van der Waals surface area contributed by atoms with Crippen LogP contribution in [-0.2, 0) is 0 Å². The van der Waals surface area contributed by atoms with Crippen molar-refractivity contribution >= 4 is 29.8 Å². The molecule has 0 spiro atoms. The number of amidine groups is 1. The lowest BCUT2D eigenvalue weighted by molar-refractivity contribution is 0.390. The molecule has 0 heterocycles. The van der Waals surface area contributed by atoms with Crippen molar-refractivity contribution in [1.29, 1.82) is 5.41 Å². The molecule has 0 aliphatic heterocycles. The Labute approximate surface area is 90.3 Å². The molecular weight excluding hydrogens is 207 g/mol. The number of halogens is 2. The summed E-state index contributed by atoms with van der Waals surface area (Å²) in [6.07, 6.45) is 5.42. The zero-order valence-corrected chi connectivity index (χ0v) is 9.13. The van der Waals surface area contributed by atoms with E-state index in [2.05, 4.69) is 5.32 Å². The molecule has 2 saturated carbocycles. The highest BCUT2D eigenvalue weighted by atomic mass is 35.5. The summed E-state index contributed by atoms with van der Waals surface area (Å²) >= 11 is 5.55. The Morgan fingerprint density at radius 1 is 1.38 bits per heavy atom. The van der Waals surface area contributed by atoms with Gasteiger partial charge in [-0.3, -0.25) is 5.41 Å². The van der Waals surface area contributed by atoms with Gasteiger partial charge >= 0.3 is 0 Å². The van der Waals surface area contributed by atoms with Crippen molar-refractivity contribution in [3.63, 3.8) is 0 Å². The van der Waals surface area contributed by atoms with Crippen molar-refractivity contribution in [1.82, 2.24) is 5.32 Å². The lowest BCUT2D eigenvalue weighted by atomic mass is 9.95. The molecule has 2 rings (SSSR count). The topological polar surface area (TPSA) is 35.9 Å². The van der Waals surface area contributed by atoms with Gasteiger partial charge in [0.05, 0.1) is 5.88 Å². The van der Waals surface area contributed by atoms with E-state index >= 15 is 0 Å². The minimum atomic E-state index is 0. The third kappa shape index (κ3) is 2.29. The summed E-state index contributed by atoms with van der Waals surface area (Å²) in [4.78, 5) is 0. The fourth-order valence-electron chi connectivity index (χ4n) is 2.68. The van der Waals surface area contributed by atoms with Gasteiger partial charge in [-0.25, -0.2) is 0 Å². The second kappa shape index (κ2) is 4.52. The fourth-order valence-corrected chi connectivity index (χ4v) is 2.76. The van der Waals surface area contributed by atoms with E-state index in [-0.39, 0.29) is 12.4 Å². The van der Waals surface area contributed by atoms with Crippen LogP contribution in [0.2, 0.25) is 0 Å². The van der Waals surface area contributed by atoms with Gasteiger partial charge < -0.3 is 5.32 Å². The van der Waals surface area contributed by atoms with Crippen molar-refractivity contribution in [3.05, 3.63) is 0 Å². The molecular formula is C9H16Cl2N2. The van der Waals surface area contributed by atoms with Crippen LogP contribution in [0.4, 0.5) is 0 Å². The monoisotopic (exact) mass is 222 g/mol. The minimum absolute atomic E-state index is 0. The summed E-state index contributed by atoms with van der Waals surface area (Å²) in [5, 5.41) is 10.7. The normalized spacial score (nSPS) is 35.6. The van der Waals surface area contributed by atoms with Crippen LogP contribution in [0.5, 0.6) is 0 Å². The third-order valence-corrected chi connectivity index (χ3v) is 3.50. The molecule has 2 aliphatic carbocycles. The van der Waals surface area contributed by atoms with Crippen LogP contribution in [0.15, 0.2) is 0 Å². The molecule has 0 aromatic heterocycles. The van der Waals surface area contributed by atoms with Crippen molar-refractivity contribution in [2.24, 2.45) is 11.8 Å². The molecule has 2 fully saturated rings. The van der Waals surface area contributed by atoms with E-state index in [0.29, 0.717) is 17.8 Å². The Morgan fingerprint density at radius 3 is 2.62 bits per heavy atom. The van der Waals surface area contributed by atoms with E-state index < -0.39 is 0 Å². The van der Waals surface area contributed by atoms with Crippen LogP contribution in [0, 0.1) is 17.2 Å². The first-order chi connectivity index (χ1) is 5.79. The molecule has 2 bridgehead atoms. The number of rotatable bonds is 2. The highest BCUT2D eigenvalue weighted by Gasteiger charge is 2.39. The van der Waals surface area contributed by atoms with Crippen LogP contribution in [0.3, 0.4) is 0 Å². The molecule has 2 aliphatic rings. The summed E-state index contributed by atoms with van der Waals surface area (Å²) in [5.41, 5.74) is 0. The predicted octanol–water partition coefficient (Wildman–Crippen LogP) is 2.40. The van der Waals surface area contributed by atoms with Crippen LogP contribution in [-0.4, -0.2) is 17.8 Å². The van der Waals surface area contributed by atoms with Crippen molar-refractivity contribution in [2.75, 3.05) is 5.88 Å². The third-order valence-electron chi connectivity index (χ3n) is 3.23. The van der Waals surface area contributed by atoms with Gasteiger partial charge in [-0.1, -0.05) is 6.42 Å². The SMILES string of the molecule is Cl.N=C(CCl)NC1CC2CCC1C2. The van der Waals surface area contributed by atoms with E-state index in [0.717, 1.165) is 11.8 Å². The molecule has 3 unspecified atom stereocenters. The molecule has 4 heteroatoms. The number of hydrogen-bond donors (Lipinski definition) is 2. The summed E-state index contributed by atoms with van der Waals surface area (Å²) < 4.78 is 0. The molecule has 13 heavy (non-hydrogen) atoms. The minimum Gasteiger partial charge on any atom is -0.370 e. The maximum absolute atomic E-state index is 7.44. The van der Waals surface area contributed by atoms with Gasteiger partial charge in [0, 0.05) is 6.04 Å². The largest absolute Gasteiger partial charge is 0.370 e. The average Bonchev–Trinajstić information content (AvgIpc) is 2.64. The van der Waals surface area contributed by atoms with Crippen molar-refractivity contribution in [3.8, 4) is 0 Å². The van der Waals surface area contributed by atoms with E-state index in [9.17, 15) is 0 Å². The van der Waals surface area contributed by atoms with E-state index in [1.165, 1.54) is 25.7 Å². The number of alkyl halides is 1. The Hall–Kier alpha value is 0.0500.